The topological polar surface area (TPSA) is 32.3 Å². The number of rotatable bonds is 6. The molecule has 4 heteroatoms. The zero-order valence-corrected chi connectivity index (χ0v) is 11.4. The predicted molar refractivity (Wildman–Crippen MR) is 70.8 cm³/mol. The molecule has 0 fully saturated rings. The number of hydrogen-bond donors (Lipinski definition) is 2. The minimum absolute atomic E-state index is 0.123. The lowest BCUT2D eigenvalue weighted by atomic mass is 10.1. The number of nitrogens with one attached hydrogen (secondary N) is 1. The molecule has 1 aromatic rings. The van der Waals surface area contributed by atoms with E-state index in [0.717, 1.165) is 16.2 Å². The lowest BCUT2D eigenvalue weighted by molar-refractivity contribution is 0.250. The van der Waals surface area contributed by atoms with Crippen LogP contribution >= 0.6 is 11.8 Å². The van der Waals surface area contributed by atoms with E-state index < -0.39 is 0 Å². The summed E-state index contributed by atoms with van der Waals surface area (Å²) < 4.78 is 13.2. The lowest BCUT2D eigenvalue weighted by Gasteiger charge is -2.16. The molecule has 0 aromatic heterocycles. The molecular weight excluding hydrogens is 237 g/mol. The average molecular weight is 257 g/mol. The highest BCUT2D eigenvalue weighted by molar-refractivity contribution is 7.99. The number of aliphatic hydroxyl groups is 1. The zero-order chi connectivity index (χ0) is 12.8. The molecule has 0 spiro atoms. The largest absolute Gasteiger partial charge is 0.396 e. The Morgan fingerprint density at radius 1 is 1.41 bits per heavy atom. The van der Waals surface area contributed by atoms with Crippen molar-refractivity contribution in [3.05, 3.63) is 29.6 Å². The number of hydrogen-bond acceptors (Lipinski definition) is 3. The maximum atomic E-state index is 13.2. The molecule has 2 atom stereocenters. The van der Waals surface area contributed by atoms with Gasteiger partial charge in [-0.1, -0.05) is 6.92 Å². The Morgan fingerprint density at radius 3 is 2.71 bits per heavy atom. The number of halogens is 1. The van der Waals surface area contributed by atoms with Crippen LogP contribution in [0.15, 0.2) is 23.1 Å². The highest BCUT2D eigenvalue weighted by atomic mass is 32.2. The van der Waals surface area contributed by atoms with Gasteiger partial charge < -0.3 is 10.4 Å². The molecule has 0 amide bonds. The Morgan fingerprint density at radius 2 is 2.12 bits per heavy atom. The molecule has 0 radical (unpaired) electrons. The van der Waals surface area contributed by atoms with Gasteiger partial charge in [-0.05, 0) is 43.7 Å². The predicted octanol–water partition coefficient (Wildman–Crippen LogP) is 2.83. The molecule has 0 bridgehead atoms. The summed E-state index contributed by atoms with van der Waals surface area (Å²) in [5.41, 5.74) is 0.975. The quantitative estimate of drug-likeness (QED) is 0.769. The minimum Gasteiger partial charge on any atom is -0.396 e. The summed E-state index contributed by atoms with van der Waals surface area (Å²) in [6.45, 7) is 4.19. The highest BCUT2D eigenvalue weighted by Gasteiger charge is 2.11. The molecule has 96 valence electrons. The van der Waals surface area contributed by atoms with Crippen molar-refractivity contribution in [3.8, 4) is 0 Å². The molecule has 0 aliphatic rings. The maximum absolute atomic E-state index is 13.2. The van der Waals surface area contributed by atoms with E-state index in [1.54, 1.807) is 17.8 Å². The van der Waals surface area contributed by atoms with Crippen molar-refractivity contribution in [1.82, 2.24) is 5.32 Å². The number of thioether (sulfide) groups is 1. The fourth-order valence-electron chi connectivity index (χ4n) is 1.43. The fourth-order valence-corrected chi connectivity index (χ4v) is 2.57. The molecule has 1 rings (SSSR count). The molecule has 0 heterocycles. The number of benzene rings is 1. The fraction of sp³-hybridized carbons (Fsp3) is 0.538. The maximum Gasteiger partial charge on any atom is 0.123 e. The van der Waals surface area contributed by atoms with Crippen LogP contribution in [0.4, 0.5) is 4.39 Å². The third-order valence-electron chi connectivity index (χ3n) is 2.71. The molecule has 0 saturated carbocycles. The van der Waals surface area contributed by atoms with Gasteiger partial charge in [0, 0.05) is 23.3 Å². The van der Waals surface area contributed by atoms with Gasteiger partial charge in [0.15, 0.2) is 0 Å². The second kappa shape index (κ2) is 6.99. The van der Waals surface area contributed by atoms with Gasteiger partial charge in [0.25, 0.3) is 0 Å². The Bertz CT molecular complexity index is 359. The molecule has 1 aromatic carbocycles. The summed E-state index contributed by atoms with van der Waals surface area (Å²) in [5, 5.41) is 12.1. The monoisotopic (exact) mass is 257 g/mol. The second-order valence-corrected chi connectivity index (χ2v) is 5.35. The van der Waals surface area contributed by atoms with E-state index in [9.17, 15) is 4.39 Å². The van der Waals surface area contributed by atoms with Crippen molar-refractivity contribution in [1.29, 1.82) is 0 Å². The SMILES string of the molecule is CNC(C)c1cc(F)ccc1SCC(C)CO. The first-order valence-corrected chi connectivity index (χ1v) is 6.77. The first-order valence-electron chi connectivity index (χ1n) is 5.78. The molecule has 0 aliphatic carbocycles. The van der Waals surface area contributed by atoms with Crippen LogP contribution in [0.3, 0.4) is 0 Å². The Hall–Kier alpha value is -0.580. The summed E-state index contributed by atoms with van der Waals surface area (Å²) in [6, 6.07) is 5.00. The van der Waals surface area contributed by atoms with Crippen LogP contribution in [0.5, 0.6) is 0 Å². The van der Waals surface area contributed by atoms with E-state index in [-0.39, 0.29) is 24.4 Å². The third kappa shape index (κ3) is 4.30. The van der Waals surface area contributed by atoms with E-state index in [0.29, 0.717) is 0 Å². The molecule has 0 saturated heterocycles. The van der Waals surface area contributed by atoms with Gasteiger partial charge in [0.05, 0.1) is 0 Å². The molecule has 17 heavy (non-hydrogen) atoms. The van der Waals surface area contributed by atoms with Gasteiger partial charge in [-0.2, -0.15) is 0 Å². The lowest BCUT2D eigenvalue weighted by Crippen LogP contribution is -2.14. The van der Waals surface area contributed by atoms with Crippen LogP contribution in [0.2, 0.25) is 0 Å². The average Bonchev–Trinajstić information content (AvgIpc) is 2.35. The Kier molecular flexibility index (Phi) is 5.95. The van der Waals surface area contributed by atoms with E-state index >= 15 is 0 Å². The van der Waals surface area contributed by atoms with Crippen LogP contribution in [0, 0.1) is 11.7 Å². The van der Waals surface area contributed by atoms with Gasteiger partial charge in [0.1, 0.15) is 5.82 Å². The van der Waals surface area contributed by atoms with Crippen molar-refractivity contribution in [2.45, 2.75) is 24.8 Å². The summed E-state index contributed by atoms with van der Waals surface area (Å²) >= 11 is 1.67. The van der Waals surface area contributed by atoms with Crippen LogP contribution in [-0.2, 0) is 0 Å². The van der Waals surface area contributed by atoms with Gasteiger partial charge in [-0.3, -0.25) is 0 Å². The summed E-state index contributed by atoms with van der Waals surface area (Å²) in [7, 11) is 1.86. The van der Waals surface area contributed by atoms with Crippen LogP contribution in [0.25, 0.3) is 0 Å². The summed E-state index contributed by atoms with van der Waals surface area (Å²) in [6.07, 6.45) is 0. The minimum atomic E-state index is -0.207. The second-order valence-electron chi connectivity index (χ2n) is 4.29. The first kappa shape index (κ1) is 14.5. The van der Waals surface area contributed by atoms with Gasteiger partial charge in [-0.25, -0.2) is 4.39 Å². The van der Waals surface area contributed by atoms with Gasteiger partial charge >= 0.3 is 0 Å². The molecule has 2 unspecified atom stereocenters. The van der Waals surface area contributed by atoms with E-state index in [1.807, 2.05) is 27.0 Å². The van der Waals surface area contributed by atoms with Crippen molar-refractivity contribution in [2.24, 2.45) is 5.92 Å². The Labute approximate surface area is 107 Å². The highest BCUT2D eigenvalue weighted by Crippen LogP contribution is 2.29. The van der Waals surface area contributed by atoms with Crippen molar-refractivity contribution >= 4 is 11.8 Å². The van der Waals surface area contributed by atoms with Crippen molar-refractivity contribution < 1.29 is 9.50 Å². The zero-order valence-electron chi connectivity index (χ0n) is 10.5. The third-order valence-corrected chi connectivity index (χ3v) is 4.12. The number of aliphatic hydroxyl groups excluding tert-OH is 1. The first-order chi connectivity index (χ1) is 8.08. The molecule has 2 nitrogen and oxygen atoms in total. The smallest absolute Gasteiger partial charge is 0.123 e. The van der Waals surface area contributed by atoms with Crippen LogP contribution < -0.4 is 5.32 Å². The van der Waals surface area contributed by atoms with Crippen molar-refractivity contribution in [2.75, 3.05) is 19.4 Å². The summed E-state index contributed by atoms with van der Waals surface area (Å²) in [4.78, 5) is 1.08. The standard InChI is InChI=1S/C13H20FNOS/c1-9(7-16)8-17-13-5-4-11(14)6-12(13)10(2)15-3/h4-6,9-10,15-16H,7-8H2,1-3H3. The van der Waals surface area contributed by atoms with E-state index in [4.69, 9.17) is 5.11 Å². The molecule has 0 aliphatic heterocycles. The van der Waals surface area contributed by atoms with E-state index in [2.05, 4.69) is 5.32 Å². The van der Waals surface area contributed by atoms with Gasteiger partial charge in [0.2, 0.25) is 0 Å². The summed E-state index contributed by atoms with van der Waals surface area (Å²) in [5.74, 6) is 0.885. The van der Waals surface area contributed by atoms with Crippen LogP contribution in [-0.4, -0.2) is 24.5 Å². The van der Waals surface area contributed by atoms with Crippen LogP contribution in [0.1, 0.15) is 25.5 Å². The van der Waals surface area contributed by atoms with Crippen molar-refractivity contribution in [3.63, 3.8) is 0 Å². The van der Waals surface area contributed by atoms with Gasteiger partial charge in [-0.15, -0.1) is 11.8 Å². The normalized spacial score (nSPS) is 14.6. The molecule has 2 N–H and O–H groups in total. The van der Waals surface area contributed by atoms with E-state index in [1.165, 1.54) is 6.07 Å². The Balaban J connectivity index is 2.83. The molecular formula is C13H20FNOS.